The minimum atomic E-state index is -0.125. The van der Waals surface area contributed by atoms with Gasteiger partial charge in [-0.2, -0.15) is 0 Å². The summed E-state index contributed by atoms with van der Waals surface area (Å²) in [7, 11) is 1.65. The van der Waals surface area contributed by atoms with Crippen LogP contribution < -0.4 is 9.64 Å². The van der Waals surface area contributed by atoms with Crippen LogP contribution in [0.3, 0.4) is 0 Å². The predicted molar refractivity (Wildman–Crippen MR) is 91.6 cm³/mol. The highest BCUT2D eigenvalue weighted by Gasteiger charge is 2.36. The number of methoxy groups -OCH3 is 1. The van der Waals surface area contributed by atoms with Crippen molar-refractivity contribution in [1.82, 2.24) is 0 Å². The second-order valence-electron chi connectivity index (χ2n) is 5.36. The molecule has 114 valence electrons. The van der Waals surface area contributed by atoms with E-state index in [4.69, 9.17) is 4.74 Å². The van der Waals surface area contributed by atoms with Crippen LogP contribution in [0.15, 0.2) is 46.9 Å². The van der Waals surface area contributed by atoms with Gasteiger partial charge in [-0.1, -0.05) is 34.1 Å². The molecule has 3 nitrogen and oxygen atoms in total. The molecule has 1 atom stereocenters. The number of likely N-dealkylation sites (N-methyl/N-ethyl adjacent to an activating group) is 1. The molecule has 1 heterocycles. The van der Waals surface area contributed by atoms with E-state index >= 15 is 0 Å². The summed E-state index contributed by atoms with van der Waals surface area (Å²) in [5.74, 6) is 0.863. The SMILES string of the molecule is CCN1C(=O)[C@H](Cc2cc(OC)ccc2Br)c2ccccc21. The van der Waals surface area contributed by atoms with Crippen molar-refractivity contribution < 1.29 is 9.53 Å². The van der Waals surface area contributed by atoms with Crippen molar-refractivity contribution in [1.29, 1.82) is 0 Å². The lowest BCUT2D eigenvalue weighted by atomic mass is 9.93. The van der Waals surface area contributed by atoms with Crippen LogP contribution in [0.2, 0.25) is 0 Å². The molecule has 3 rings (SSSR count). The number of nitrogens with zero attached hydrogens (tertiary/aromatic N) is 1. The maximum absolute atomic E-state index is 12.7. The van der Waals surface area contributed by atoms with Crippen molar-refractivity contribution in [3.63, 3.8) is 0 Å². The van der Waals surface area contributed by atoms with Gasteiger partial charge in [-0.3, -0.25) is 4.79 Å². The summed E-state index contributed by atoms with van der Waals surface area (Å²) in [5.41, 5.74) is 3.24. The summed E-state index contributed by atoms with van der Waals surface area (Å²) >= 11 is 3.58. The van der Waals surface area contributed by atoms with Crippen molar-refractivity contribution in [2.45, 2.75) is 19.3 Å². The normalized spacial score (nSPS) is 16.8. The first-order chi connectivity index (χ1) is 10.7. The third-order valence-electron chi connectivity index (χ3n) is 4.16. The number of rotatable bonds is 4. The van der Waals surface area contributed by atoms with Gasteiger partial charge in [0.15, 0.2) is 0 Å². The molecule has 4 heteroatoms. The summed E-state index contributed by atoms with van der Waals surface area (Å²) in [6.07, 6.45) is 0.671. The molecule has 0 bridgehead atoms. The third kappa shape index (κ3) is 2.52. The van der Waals surface area contributed by atoms with E-state index in [-0.39, 0.29) is 11.8 Å². The van der Waals surface area contributed by atoms with E-state index in [0.29, 0.717) is 13.0 Å². The number of anilines is 1. The number of hydrogen-bond donors (Lipinski definition) is 0. The number of fused-ring (bicyclic) bond motifs is 1. The summed E-state index contributed by atoms with van der Waals surface area (Å²) in [6, 6.07) is 13.9. The molecule has 2 aromatic carbocycles. The first-order valence-corrected chi connectivity index (χ1v) is 8.17. The average molecular weight is 360 g/mol. The molecular formula is C18H18BrNO2. The van der Waals surface area contributed by atoms with Crippen LogP contribution in [0.1, 0.15) is 24.0 Å². The van der Waals surface area contributed by atoms with E-state index in [1.807, 2.05) is 48.2 Å². The highest BCUT2D eigenvalue weighted by Crippen LogP contribution is 2.40. The van der Waals surface area contributed by atoms with Gasteiger partial charge < -0.3 is 9.64 Å². The van der Waals surface area contributed by atoms with Crippen LogP contribution in [0.5, 0.6) is 5.75 Å². The van der Waals surface area contributed by atoms with Gasteiger partial charge in [0.05, 0.1) is 13.0 Å². The molecule has 2 aromatic rings. The maximum atomic E-state index is 12.7. The summed E-state index contributed by atoms with van der Waals surface area (Å²) in [5, 5.41) is 0. The number of amides is 1. The Hall–Kier alpha value is -1.81. The summed E-state index contributed by atoms with van der Waals surface area (Å²) in [6.45, 7) is 2.71. The maximum Gasteiger partial charge on any atom is 0.234 e. The molecule has 0 N–H and O–H groups in total. The van der Waals surface area contributed by atoms with Crippen molar-refractivity contribution in [3.05, 3.63) is 58.1 Å². The van der Waals surface area contributed by atoms with Gasteiger partial charge in [-0.15, -0.1) is 0 Å². The van der Waals surface area contributed by atoms with Crippen LogP contribution in [-0.2, 0) is 11.2 Å². The molecule has 0 aliphatic carbocycles. The van der Waals surface area contributed by atoms with Gasteiger partial charge in [0.25, 0.3) is 0 Å². The molecule has 22 heavy (non-hydrogen) atoms. The van der Waals surface area contributed by atoms with Crippen LogP contribution in [0.4, 0.5) is 5.69 Å². The van der Waals surface area contributed by atoms with E-state index < -0.39 is 0 Å². The Balaban J connectivity index is 1.97. The number of carbonyl (C=O) groups excluding carboxylic acids is 1. The van der Waals surface area contributed by atoms with Crippen LogP contribution in [0.25, 0.3) is 0 Å². The van der Waals surface area contributed by atoms with Crippen LogP contribution in [-0.4, -0.2) is 19.6 Å². The fourth-order valence-corrected chi connectivity index (χ4v) is 3.45. The molecule has 1 amide bonds. The van der Waals surface area contributed by atoms with Crippen molar-refractivity contribution in [3.8, 4) is 5.75 Å². The van der Waals surface area contributed by atoms with Crippen molar-refractivity contribution in [2.75, 3.05) is 18.6 Å². The molecule has 1 aliphatic heterocycles. The van der Waals surface area contributed by atoms with Crippen molar-refractivity contribution in [2.24, 2.45) is 0 Å². The Bertz CT molecular complexity index is 714. The number of carbonyl (C=O) groups is 1. The lowest BCUT2D eigenvalue weighted by molar-refractivity contribution is -0.119. The molecule has 0 spiro atoms. The summed E-state index contributed by atoms with van der Waals surface area (Å²) < 4.78 is 6.30. The standard InChI is InChI=1S/C18H18BrNO2/c1-3-20-17-7-5-4-6-14(17)15(18(20)21)11-12-10-13(22-2)8-9-16(12)19/h4-10,15H,3,11H2,1-2H3/t15-/m1/s1. The molecule has 0 aromatic heterocycles. The van der Waals surface area contributed by atoms with Gasteiger partial charge in [0.1, 0.15) is 5.75 Å². The van der Waals surface area contributed by atoms with E-state index in [2.05, 4.69) is 22.0 Å². The molecule has 1 aliphatic rings. The van der Waals surface area contributed by atoms with Gasteiger partial charge >= 0.3 is 0 Å². The average Bonchev–Trinajstić information content (AvgIpc) is 2.81. The minimum absolute atomic E-state index is 0.125. The Morgan fingerprint density at radius 2 is 2.00 bits per heavy atom. The number of para-hydroxylation sites is 1. The Kier molecular flexibility index (Phi) is 4.21. The minimum Gasteiger partial charge on any atom is -0.497 e. The van der Waals surface area contributed by atoms with E-state index in [1.165, 1.54) is 0 Å². The third-order valence-corrected chi connectivity index (χ3v) is 4.93. The smallest absolute Gasteiger partial charge is 0.234 e. The predicted octanol–water partition coefficient (Wildman–Crippen LogP) is 4.15. The van der Waals surface area contributed by atoms with Gasteiger partial charge in [-0.25, -0.2) is 0 Å². The quantitative estimate of drug-likeness (QED) is 0.820. The monoisotopic (exact) mass is 359 g/mol. The van der Waals surface area contributed by atoms with Crippen molar-refractivity contribution >= 4 is 27.5 Å². The fourth-order valence-electron chi connectivity index (χ4n) is 3.05. The molecule has 0 saturated carbocycles. The van der Waals surface area contributed by atoms with E-state index in [0.717, 1.165) is 27.0 Å². The van der Waals surface area contributed by atoms with E-state index in [1.54, 1.807) is 7.11 Å². The van der Waals surface area contributed by atoms with Gasteiger partial charge in [0, 0.05) is 16.7 Å². The topological polar surface area (TPSA) is 29.5 Å². The number of benzene rings is 2. The van der Waals surface area contributed by atoms with Crippen LogP contribution in [0, 0.1) is 0 Å². The zero-order valence-corrected chi connectivity index (χ0v) is 14.3. The van der Waals surface area contributed by atoms with Gasteiger partial charge in [0.2, 0.25) is 5.91 Å². The van der Waals surface area contributed by atoms with Gasteiger partial charge in [-0.05, 0) is 48.7 Å². The number of hydrogen-bond acceptors (Lipinski definition) is 2. The Labute approximate surface area is 139 Å². The van der Waals surface area contributed by atoms with E-state index in [9.17, 15) is 4.79 Å². The zero-order valence-electron chi connectivity index (χ0n) is 12.7. The zero-order chi connectivity index (χ0) is 15.7. The lowest BCUT2D eigenvalue weighted by Crippen LogP contribution is -2.29. The number of ether oxygens (including phenoxy) is 1. The largest absolute Gasteiger partial charge is 0.497 e. The molecule has 0 fully saturated rings. The highest BCUT2D eigenvalue weighted by atomic mass is 79.9. The fraction of sp³-hybridized carbons (Fsp3) is 0.278. The molecular weight excluding hydrogens is 342 g/mol. The molecule has 0 unspecified atom stereocenters. The molecule has 0 saturated heterocycles. The Morgan fingerprint density at radius 3 is 2.73 bits per heavy atom. The second-order valence-corrected chi connectivity index (χ2v) is 6.21. The Morgan fingerprint density at radius 1 is 1.23 bits per heavy atom. The number of halogens is 1. The highest BCUT2D eigenvalue weighted by molar-refractivity contribution is 9.10. The first kappa shape index (κ1) is 15.1. The first-order valence-electron chi connectivity index (χ1n) is 7.38. The lowest BCUT2D eigenvalue weighted by Gasteiger charge is -2.15. The summed E-state index contributed by atoms with van der Waals surface area (Å²) in [4.78, 5) is 14.6. The van der Waals surface area contributed by atoms with Crippen LogP contribution >= 0.6 is 15.9 Å². The second kappa shape index (κ2) is 6.13. The molecule has 0 radical (unpaired) electrons.